The van der Waals surface area contributed by atoms with Crippen molar-refractivity contribution in [2.45, 2.75) is 19.4 Å². The van der Waals surface area contributed by atoms with Gasteiger partial charge in [-0.2, -0.15) is 0 Å². The van der Waals surface area contributed by atoms with Crippen molar-refractivity contribution in [2.75, 3.05) is 12.4 Å². The topological polar surface area (TPSA) is 64.6 Å². The summed E-state index contributed by atoms with van der Waals surface area (Å²) in [5.41, 5.74) is 1.16. The van der Waals surface area contributed by atoms with Crippen molar-refractivity contribution in [3.63, 3.8) is 0 Å². The Morgan fingerprint density at radius 1 is 1.12 bits per heavy atom. The summed E-state index contributed by atoms with van der Waals surface area (Å²) in [5.74, 6) is -0.285. The van der Waals surface area contributed by atoms with Crippen LogP contribution >= 0.6 is 23.2 Å². The fourth-order valence-corrected chi connectivity index (χ4v) is 2.48. The van der Waals surface area contributed by atoms with Crippen LogP contribution in [-0.4, -0.2) is 25.1 Å². The third-order valence-electron chi connectivity index (χ3n) is 3.37. The van der Waals surface area contributed by atoms with E-state index < -0.39 is 18.0 Å². The number of esters is 1. The lowest BCUT2D eigenvalue weighted by Crippen LogP contribution is -2.30. The minimum Gasteiger partial charge on any atom is -0.497 e. The molecular formula is C18H17Cl2NO4. The molecule has 5 nitrogen and oxygen atoms in total. The third kappa shape index (κ3) is 5.66. The number of halogens is 2. The molecule has 7 heteroatoms. The standard InChI is InChI=1S/C18H17Cl2NO4/c1-11(18(23)21-16-8-5-13(19)10-15(16)20)25-17(22)9-12-3-6-14(24-2)7-4-12/h3-8,10-11H,9H2,1-2H3,(H,21,23)/t11-/m1/s1. The third-order valence-corrected chi connectivity index (χ3v) is 3.92. The quantitative estimate of drug-likeness (QED) is 0.764. The van der Waals surface area contributed by atoms with Crippen LogP contribution in [0.15, 0.2) is 42.5 Å². The molecule has 0 aromatic heterocycles. The SMILES string of the molecule is COc1ccc(CC(=O)O[C@H](C)C(=O)Nc2ccc(Cl)cc2Cl)cc1. The van der Waals surface area contributed by atoms with Gasteiger partial charge < -0.3 is 14.8 Å². The van der Waals surface area contributed by atoms with Crippen LogP contribution < -0.4 is 10.1 Å². The second-order valence-corrected chi connectivity index (χ2v) is 6.11. The van der Waals surface area contributed by atoms with Gasteiger partial charge in [-0.15, -0.1) is 0 Å². The average Bonchev–Trinajstić information content (AvgIpc) is 2.57. The van der Waals surface area contributed by atoms with Crippen molar-refractivity contribution in [1.82, 2.24) is 0 Å². The van der Waals surface area contributed by atoms with Crippen molar-refractivity contribution in [2.24, 2.45) is 0 Å². The summed E-state index contributed by atoms with van der Waals surface area (Å²) >= 11 is 11.8. The summed E-state index contributed by atoms with van der Waals surface area (Å²) in [6, 6.07) is 11.7. The molecular weight excluding hydrogens is 365 g/mol. The second-order valence-electron chi connectivity index (χ2n) is 5.27. The van der Waals surface area contributed by atoms with Gasteiger partial charge in [0.2, 0.25) is 0 Å². The minimum absolute atomic E-state index is 0.0588. The molecule has 0 bridgehead atoms. The summed E-state index contributed by atoms with van der Waals surface area (Å²) < 4.78 is 10.2. The number of nitrogens with one attached hydrogen (secondary N) is 1. The van der Waals surface area contributed by atoms with Crippen LogP contribution in [0.1, 0.15) is 12.5 Å². The Hall–Kier alpha value is -2.24. The van der Waals surface area contributed by atoms with Gasteiger partial charge in [0.05, 0.1) is 24.2 Å². The lowest BCUT2D eigenvalue weighted by Gasteiger charge is -2.14. The summed E-state index contributed by atoms with van der Waals surface area (Å²) in [4.78, 5) is 24.1. The van der Waals surface area contributed by atoms with Crippen molar-refractivity contribution >= 4 is 40.8 Å². The fraction of sp³-hybridized carbons (Fsp3) is 0.222. The van der Waals surface area contributed by atoms with E-state index in [1.165, 1.54) is 13.0 Å². The zero-order valence-electron chi connectivity index (χ0n) is 13.7. The number of rotatable bonds is 6. The summed E-state index contributed by atoms with van der Waals surface area (Å²) in [6.07, 6.45) is -0.902. The molecule has 0 radical (unpaired) electrons. The van der Waals surface area contributed by atoms with Crippen molar-refractivity contribution in [3.05, 3.63) is 58.1 Å². The van der Waals surface area contributed by atoms with E-state index in [4.69, 9.17) is 32.7 Å². The van der Waals surface area contributed by atoms with Gasteiger partial charge in [-0.1, -0.05) is 35.3 Å². The molecule has 2 rings (SSSR count). The highest BCUT2D eigenvalue weighted by atomic mass is 35.5. The van der Waals surface area contributed by atoms with E-state index >= 15 is 0 Å². The molecule has 132 valence electrons. The Morgan fingerprint density at radius 2 is 1.80 bits per heavy atom. The molecule has 0 saturated heterocycles. The van der Waals surface area contributed by atoms with Crippen LogP contribution in [-0.2, 0) is 20.7 Å². The van der Waals surface area contributed by atoms with Crippen molar-refractivity contribution in [3.8, 4) is 5.75 Å². The Labute approximate surface area is 155 Å². The van der Waals surface area contributed by atoms with E-state index in [0.29, 0.717) is 21.5 Å². The van der Waals surface area contributed by atoms with E-state index in [0.717, 1.165) is 5.56 Å². The highest BCUT2D eigenvalue weighted by Gasteiger charge is 2.19. The number of anilines is 1. The van der Waals surface area contributed by atoms with Crippen LogP contribution in [0.3, 0.4) is 0 Å². The molecule has 1 N–H and O–H groups in total. The second kappa shape index (κ2) is 8.74. The highest BCUT2D eigenvalue weighted by molar-refractivity contribution is 6.36. The van der Waals surface area contributed by atoms with Gasteiger partial charge in [0.25, 0.3) is 5.91 Å². The number of hydrogen-bond acceptors (Lipinski definition) is 4. The van der Waals surface area contributed by atoms with E-state index in [2.05, 4.69) is 5.32 Å². The average molecular weight is 382 g/mol. The van der Waals surface area contributed by atoms with Crippen LogP contribution in [0.2, 0.25) is 10.0 Å². The van der Waals surface area contributed by atoms with Crippen LogP contribution in [0.4, 0.5) is 5.69 Å². The van der Waals surface area contributed by atoms with Crippen molar-refractivity contribution < 1.29 is 19.1 Å². The lowest BCUT2D eigenvalue weighted by atomic mass is 10.1. The molecule has 0 unspecified atom stereocenters. The summed E-state index contributed by atoms with van der Waals surface area (Å²) in [6.45, 7) is 1.49. The lowest BCUT2D eigenvalue weighted by molar-refractivity contribution is -0.152. The van der Waals surface area contributed by atoms with Crippen LogP contribution in [0, 0.1) is 0 Å². The van der Waals surface area contributed by atoms with Gasteiger partial charge >= 0.3 is 5.97 Å². The maximum atomic E-state index is 12.1. The van der Waals surface area contributed by atoms with Crippen LogP contribution in [0.25, 0.3) is 0 Å². The molecule has 0 saturated carbocycles. The zero-order chi connectivity index (χ0) is 18.4. The molecule has 2 aromatic carbocycles. The monoisotopic (exact) mass is 381 g/mol. The molecule has 1 atom stereocenters. The normalized spacial score (nSPS) is 11.5. The molecule has 0 aliphatic carbocycles. The molecule has 0 aliphatic rings. The number of carbonyl (C=O) groups excluding carboxylic acids is 2. The number of hydrogen-bond donors (Lipinski definition) is 1. The molecule has 0 aliphatic heterocycles. The van der Waals surface area contributed by atoms with E-state index in [1.54, 1.807) is 43.5 Å². The molecule has 0 fully saturated rings. The maximum absolute atomic E-state index is 12.1. The number of methoxy groups -OCH3 is 1. The molecule has 1 amide bonds. The maximum Gasteiger partial charge on any atom is 0.311 e. The predicted octanol–water partition coefficient (Wildman–Crippen LogP) is 4.11. The first-order valence-corrected chi connectivity index (χ1v) is 8.23. The predicted molar refractivity (Wildman–Crippen MR) is 97.3 cm³/mol. The molecule has 0 heterocycles. The first-order valence-electron chi connectivity index (χ1n) is 7.47. The number of benzene rings is 2. The van der Waals surface area contributed by atoms with E-state index in [-0.39, 0.29) is 6.42 Å². The van der Waals surface area contributed by atoms with Gasteiger partial charge in [0.1, 0.15) is 5.75 Å². The summed E-state index contributed by atoms with van der Waals surface area (Å²) in [5, 5.41) is 3.36. The smallest absolute Gasteiger partial charge is 0.311 e. The molecule has 25 heavy (non-hydrogen) atoms. The first-order chi connectivity index (χ1) is 11.9. The Balaban J connectivity index is 1.89. The zero-order valence-corrected chi connectivity index (χ0v) is 15.2. The Kier molecular flexibility index (Phi) is 6.67. The fourth-order valence-electron chi connectivity index (χ4n) is 2.03. The molecule has 0 spiro atoms. The highest BCUT2D eigenvalue weighted by Crippen LogP contribution is 2.25. The largest absolute Gasteiger partial charge is 0.497 e. The number of carbonyl (C=O) groups is 2. The Morgan fingerprint density at radius 3 is 2.40 bits per heavy atom. The van der Waals surface area contributed by atoms with Gasteiger partial charge in [0, 0.05) is 5.02 Å². The van der Waals surface area contributed by atoms with E-state index in [1.807, 2.05) is 0 Å². The molecule has 2 aromatic rings. The van der Waals surface area contributed by atoms with Gasteiger partial charge in [-0.3, -0.25) is 9.59 Å². The van der Waals surface area contributed by atoms with E-state index in [9.17, 15) is 9.59 Å². The van der Waals surface area contributed by atoms with Gasteiger partial charge in [0.15, 0.2) is 6.10 Å². The first kappa shape index (κ1) is 19.1. The summed E-state index contributed by atoms with van der Waals surface area (Å²) in [7, 11) is 1.57. The van der Waals surface area contributed by atoms with Crippen LogP contribution in [0.5, 0.6) is 5.75 Å². The Bertz CT molecular complexity index is 762. The number of ether oxygens (including phenoxy) is 2. The van der Waals surface area contributed by atoms with Crippen molar-refractivity contribution in [1.29, 1.82) is 0 Å². The van der Waals surface area contributed by atoms with Gasteiger partial charge in [-0.05, 0) is 42.8 Å². The number of amides is 1. The minimum atomic E-state index is -0.961. The van der Waals surface area contributed by atoms with Gasteiger partial charge in [-0.25, -0.2) is 0 Å².